The highest BCUT2D eigenvalue weighted by atomic mass is 19.1. The number of benzene rings is 2. The molecule has 0 bridgehead atoms. The van der Waals surface area contributed by atoms with Crippen molar-refractivity contribution in [3.05, 3.63) is 59.9 Å². The molecule has 1 N–H and O–H groups in total. The van der Waals surface area contributed by atoms with Crippen LogP contribution in [0.3, 0.4) is 0 Å². The molecule has 1 saturated heterocycles. The number of carbonyl (C=O) groups excluding carboxylic acids is 2. The summed E-state index contributed by atoms with van der Waals surface area (Å²) >= 11 is 0. The Morgan fingerprint density at radius 2 is 1.74 bits per heavy atom. The van der Waals surface area contributed by atoms with E-state index >= 15 is 0 Å². The minimum Gasteiger partial charge on any atom is -0.372 e. The number of nitrogens with one attached hydrogen (secondary N) is 1. The van der Waals surface area contributed by atoms with E-state index in [0.29, 0.717) is 6.54 Å². The molecule has 2 aromatic rings. The van der Waals surface area contributed by atoms with E-state index in [4.69, 9.17) is 0 Å². The molecule has 1 aliphatic heterocycles. The van der Waals surface area contributed by atoms with E-state index in [0.717, 1.165) is 24.5 Å². The average Bonchev–Trinajstić information content (AvgIpc) is 3.20. The van der Waals surface area contributed by atoms with Gasteiger partial charge in [-0.15, -0.1) is 0 Å². The Hall–Kier alpha value is -2.89. The first-order valence-corrected chi connectivity index (χ1v) is 9.22. The van der Waals surface area contributed by atoms with Gasteiger partial charge in [0.25, 0.3) is 5.91 Å². The SMILES string of the molecule is CC(=O)N(CCNC(=O)c1ccccc1F)c1ccc(N2CCCC2)cc1. The standard InChI is InChI=1S/C21H24FN3O2/c1-16(26)25(15-12-23-21(27)19-6-2-3-7-20(19)22)18-10-8-17(9-11-18)24-13-4-5-14-24/h2-3,6-11H,4-5,12-15H2,1H3,(H,23,27). The van der Waals surface area contributed by atoms with Gasteiger partial charge in [0.05, 0.1) is 5.56 Å². The molecular formula is C21H24FN3O2. The van der Waals surface area contributed by atoms with Crippen molar-refractivity contribution < 1.29 is 14.0 Å². The maximum Gasteiger partial charge on any atom is 0.254 e. The van der Waals surface area contributed by atoms with Crippen LogP contribution >= 0.6 is 0 Å². The van der Waals surface area contributed by atoms with Crippen LogP contribution in [-0.4, -0.2) is 38.0 Å². The van der Waals surface area contributed by atoms with Crippen LogP contribution in [0.2, 0.25) is 0 Å². The largest absolute Gasteiger partial charge is 0.372 e. The Morgan fingerprint density at radius 3 is 2.37 bits per heavy atom. The zero-order valence-electron chi connectivity index (χ0n) is 15.5. The van der Waals surface area contributed by atoms with E-state index in [2.05, 4.69) is 10.2 Å². The fourth-order valence-corrected chi connectivity index (χ4v) is 3.31. The van der Waals surface area contributed by atoms with Crippen LogP contribution in [0.25, 0.3) is 0 Å². The highest BCUT2D eigenvalue weighted by Gasteiger charge is 2.16. The number of rotatable bonds is 6. The summed E-state index contributed by atoms with van der Waals surface area (Å²) in [7, 11) is 0. The first-order valence-electron chi connectivity index (χ1n) is 9.22. The molecule has 0 aliphatic carbocycles. The summed E-state index contributed by atoms with van der Waals surface area (Å²) in [6.07, 6.45) is 2.42. The molecule has 1 fully saturated rings. The monoisotopic (exact) mass is 369 g/mol. The maximum atomic E-state index is 13.7. The smallest absolute Gasteiger partial charge is 0.254 e. The second kappa shape index (κ2) is 8.66. The van der Waals surface area contributed by atoms with Crippen molar-refractivity contribution >= 4 is 23.2 Å². The van der Waals surface area contributed by atoms with Gasteiger partial charge in [-0.2, -0.15) is 0 Å². The van der Waals surface area contributed by atoms with E-state index in [1.165, 1.54) is 38.0 Å². The summed E-state index contributed by atoms with van der Waals surface area (Å²) in [5.41, 5.74) is 1.94. The third-order valence-corrected chi connectivity index (χ3v) is 4.75. The second-order valence-corrected chi connectivity index (χ2v) is 6.62. The molecule has 0 spiro atoms. The van der Waals surface area contributed by atoms with E-state index in [1.807, 2.05) is 24.3 Å². The molecule has 1 heterocycles. The number of carbonyl (C=O) groups is 2. The van der Waals surface area contributed by atoms with Crippen LogP contribution in [0.1, 0.15) is 30.1 Å². The molecule has 2 amide bonds. The third-order valence-electron chi connectivity index (χ3n) is 4.75. The number of hydrogen-bond donors (Lipinski definition) is 1. The summed E-state index contributed by atoms with van der Waals surface area (Å²) < 4.78 is 13.7. The quantitative estimate of drug-likeness (QED) is 0.851. The Bertz CT molecular complexity index is 801. The molecule has 6 heteroatoms. The summed E-state index contributed by atoms with van der Waals surface area (Å²) in [6, 6.07) is 13.7. The van der Waals surface area contributed by atoms with E-state index in [-0.39, 0.29) is 18.0 Å². The number of nitrogens with zero attached hydrogens (tertiary/aromatic N) is 2. The molecule has 27 heavy (non-hydrogen) atoms. The minimum atomic E-state index is -0.559. The molecule has 142 valence electrons. The van der Waals surface area contributed by atoms with Crippen LogP contribution in [-0.2, 0) is 4.79 Å². The van der Waals surface area contributed by atoms with Crippen LogP contribution in [0, 0.1) is 5.82 Å². The van der Waals surface area contributed by atoms with Gasteiger partial charge in [0.2, 0.25) is 5.91 Å². The molecule has 0 unspecified atom stereocenters. The molecule has 3 rings (SSSR count). The number of amides is 2. The van der Waals surface area contributed by atoms with Crippen molar-refractivity contribution in [1.82, 2.24) is 5.32 Å². The fourth-order valence-electron chi connectivity index (χ4n) is 3.31. The van der Waals surface area contributed by atoms with Crippen molar-refractivity contribution in [2.45, 2.75) is 19.8 Å². The van der Waals surface area contributed by atoms with Gasteiger partial charge in [0, 0.05) is 44.5 Å². The summed E-state index contributed by atoms with van der Waals surface area (Å²) in [5.74, 6) is -1.15. The summed E-state index contributed by atoms with van der Waals surface area (Å²) in [5, 5.41) is 2.67. The lowest BCUT2D eigenvalue weighted by Gasteiger charge is -2.23. The van der Waals surface area contributed by atoms with Crippen LogP contribution < -0.4 is 15.1 Å². The average molecular weight is 369 g/mol. The third kappa shape index (κ3) is 4.64. The molecule has 0 saturated carbocycles. The Morgan fingerprint density at radius 1 is 1.07 bits per heavy atom. The predicted molar refractivity (Wildman–Crippen MR) is 105 cm³/mol. The molecule has 1 aliphatic rings. The van der Waals surface area contributed by atoms with Crippen molar-refractivity contribution in [3.63, 3.8) is 0 Å². The van der Waals surface area contributed by atoms with Gasteiger partial charge in [0.15, 0.2) is 0 Å². The first kappa shape index (κ1) is 18.9. The first-order chi connectivity index (χ1) is 13.1. The lowest BCUT2D eigenvalue weighted by atomic mass is 10.2. The van der Waals surface area contributed by atoms with Crippen molar-refractivity contribution in [2.75, 3.05) is 36.0 Å². The minimum absolute atomic E-state index is 0.00170. The normalized spacial score (nSPS) is 13.5. The number of hydrogen-bond acceptors (Lipinski definition) is 3. The second-order valence-electron chi connectivity index (χ2n) is 6.62. The van der Waals surface area contributed by atoms with E-state index < -0.39 is 11.7 Å². The Labute approximate surface area is 158 Å². The molecule has 2 aromatic carbocycles. The highest BCUT2D eigenvalue weighted by molar-refractivity contribution is 5.95. The van der Waals surface area contributed by atoms with Gasteiger partial charge >= 0.3 is 0 Å². The maximum absolute atomic E-state index is 13.7. The van der Waals surface area contributed by atoms with Crippen molar-refractivity contribution in [1.29, 1.82) is 0 Å². The number of halogens is 1. The van der Waals surface area contributed by atoms with Gasteiger partial charge in [-0.25, -0.2) is 4.39 Å². The topological polar surface area (TPSA) is 52.7 Å². The zero-order chi connectivity index (χ0) is 19.2. The van der Waals surface area contributed by atoms with Crippen molar-refractivity contribution in [2.24, 2.45) is 0 Å². The fraction of sp³-hybridized carbons (Fsp3) is 0.333. The van der Waals surface area contributed by atoms with Gasteiger partial charge in [-0.1, -0.05) is 12.1 Å². The molecule has 0 aromatic heterocycles. The number of anilines is 2. The highest BCUT2D eigenvalue weighted by Crippen LogP contribution is 2.24. The zero-order valence-corrected chi connectivity index (χ0v) is 15.5. The van der Waals surface area contributed by atoms with Gasteiger partial charge < -0.3 is 15.1 Å². The Balaban J connectivity index is 1.60. The van der Waals surface area contributed by atoms with Gasteiger partial charge in [0.1, 0.15) is 5.82 Å². The predicted octanol–water partition coefficient (Wildman–Crippen LogP) is 3.21. The molecule has 0 atom stereocenters. The lowest BCUT2D eigenvalue weighted by molar-refractivity contribution is -0.116. The van der Waals surface area contributed by atoms with Crippen LogP contribution in [0.5, 0.6) is 0 Å². The van der Waals surface area contributed by atoms with Crippen molar-refractivity contribution in [3.8, 4) is 0 Å². The van der Waals surface area contributed by atoms with E-state index in [9.17, 15) is 14.0 Å². The van der Waals surface area contributed by atoms with Crippen LogP contribution in [0.15, 0.2) is 48.5 Å². The van der Waals surface area contributed by atoms with Crippen LogP contribution in [0.4, 0.5) is 15.8 Å². The van der Waals surface area contributed by atoms with Gasteiger partial charge in [-0.05, 0) is 49.2 Å². The van der Waals surface area contributed by atoms with E-state index in [1.54, 1.807) is 11.0 Å². The molecule has 0 radical (unpaired) electrons. The Kier molecular flexibility index (Phi) is 6.06. The van der Waals surface area contributed by atoms with Gasteiger partial charge in [-0.3, -0.25) is 9.59 Å². The molecular weight excluding hydrogens is 345 g/mol. The summed E-state index contributed by atoms with van der Waals surface area (Å²) in [4.78, 5) is 28.0. The molecule has 5 nitrogen and oxygen atoms in total. The summed E-state index contributed by atoms with van der Waals surface area (Å²) in [6.45, 7) is 4.18. The lowest BCUT2D eigenvalue weighted by Crippen LogP contribution is -2.37.